The summed E-state index contributed by atoms with van der Waals surface area (Å²) >= 11 is 0. The number of sulfone groups is 1. The van der Waals surface area contributed by atoms with Crippen LogP contribution in [0.2, 0.25) is 0 Å². The summed E-state index contributed by atoms with van der Waals surface area (Å²) in [6.07, 6.45) is 1.23. The average molecular weight is 318 g/mol. The summed E-state index contributed by atoms with van der Waals surface area (Å²) in [4.78, 5) is 25.0. The third-order valence-electron chi connectivity index (χ3n) is 4.58. The molecular formula is C13H22N2O5S. The zero-order chi connectivity index (χ0) is 15.9. The van der Waals surface area contributed by atoms with E-state index in [9.17, 15) is 18.0 Å². The van der Waals surface area contributed by atoms with Crippen LogP contribution in [0, 0.1) is 5.41 Å². The molecule has 2 amide bonds. The lowest BCUT2D eigenvalue weighted by atomic mass is 9.80. The highest BCUT2D eigenvalue weighted by Gasteiger charge is 2.42. The Labute approximate surface area is 124 Å². The molecule has 2 aliphatic heterocycles. The van der Waals surface area contributed by atoms with Crippen LogP contribution in [0.3, 0.4) is 0 Å². The van der Waals surface area contributed by atoms with Crippen molar-refractivity contribution < 1.29 is 23.1 Å². The lowest BCUT2D eigenvalue weighted by Crippen LogP contribution is -2.55. The van der Waals surface area contributed by atoms with E-state index in [0.29, 0.717) is 32.4 Å². The van der Waals surface area contributed by atoms with Crippen LogP contribution in [-0.4, -0.2) is 60.6 Å². The van der Waals surface area contributed by atoms with Gasteiger partial charge in [-0.25, -0.2) is 13.2 Å². The van der Waals surface area contributed by atoms with Gasteiger partial charge in [0.15, 0.2) is 9.84 Å². The number of hydrogen-bond acceptors (Lipinski definition) is 4. The molecule has 0 aliphatic carbocycles. The van der Waals surface area contributed by atoms with Crippen molar-refractivity contribution in [3.63, 3.8) is 0 Å². The van der Waals surface area contributed by atoms with Crippen molar-refractivity contribution in [2.75, 3.05) is 24.6 Å². The van der Waals surface area contributed by atoms with E-state index in [2.05, 4.69) is 5.32 Å². The van der Waals surface area contributed by atoms with Crippen molar-refractivity contribution in [2.24, 2.45) is 5.41 Å². The zero-order valence-electron chi connectivity index (χ0n) is 12.4. The molecule has 1 unspecified atom stereocenters. The summed E-state index contributed by atoms with van der Waals surface area (Å²) < 4.78 is 23.1. The number of rotatable bonds is 2. The number of hydrogen-bond donors (Lipinski definition) is 2. The maximum Gasteiger partial charge on any atom is 0.317 e. The number of nitrogens with zero attached hydrogens (tertiary/aromatic N) is 1. The minimum absolute atomic E-state index is 0.0353. The van der Waals surface area contributed by atoms with E-state index in [1.807, 2.05) is 0 Å². The molecule has 21 heavy (non-hydrogen) atoms. The lowest BCUT2D eigenvalue weighted by molar-refractivity contribution is -0.150. The van der Waals surface area contributed by atoms with Crippen molar-refractivity contribution in [2.45, 2.75) is 38.6 Å². The van der Waals surface area contributed by atoms with Gasteiger partial charge in [0.1, 0.15) is 0 Å². The van der Waals surface area contributed by atoms with Crippen LogP contribution in [0.5, 0.6) is 0 Å². The number of nitrogens with one attached hydrogen (secondary N) is 1. The highest BCUT2D eigenvalue weighted by molar-refractivity contribution is 7.91. The minimum Gasteiger partial charge on any atom is -0.481 e. The molecule has 1 atom stereocenters. The predicted octanol–water partition coefficient (Wildman–Crippen LogP) is 0.460. The smallest absolute Gasteiger partial charge is 0.317 e. The Morgan fingerprint density at radius 3 is 2.14 bits per heavy atom. The number of piperidine rings is 1. The van der Waals surface area contributed by atoms with Gasteiger partial charge in [0, 0.05) is 13.1 Å². The first-order valence-corrected chi connectivity index (χ1v) is 8.88. The van der Waals surface area contributed by atoms with Gasteiger partial charge in [0.25, 0.3) is 0 Å². The fraction of sp³-hybridized carbons (Fsp3) is 0.846. The molecule has 120 valence electrons. The molecule has 2 N–H and O–H groups in total. The number of carbonyl (C=O) groups excluding carboxylic acids is 1. The van der Waals surface area contributed by atoms with E-state index in [-0.39, 0.29) is 17.5 Å². The zero-order valence-corrected chi connectivity index (χ0v) is 13.2. The maximum atomic E-state index is 12.2. The first kappa shape index (κ1) is 16.1. The predicted molar refractivity (Wildman–Crippen MR) is 76.8 cm³/mol. The fourth-order valence-electron chi connectivity index (χ4n) is 2.86. The molecule has 0 aromatic heterocycles. The molecule has 2 aliphatic rings. The van der Waals surface area contributed by atoms with E-state index in [0.717, 1.165) is 0 Å². The van der Waals surface area contributed by atoms with Crippen LogP contribution in [-0.2, 0) is 14.6 Å². The number of amides is 2. The Morgan fingerprint density at radius 2 is 1.71 bits per heavy atom. The van der Waals surface area contributed by atoms with E-state index in [1.54, 1.807) is 18.7 Å². The van der Waals surface area contributed by atoms with Crippen LogP contribution in [0.4, 0.5) is 4.79 Å². The quantitative estimate of drug-likeness (QED) is 0.770. The highest BCUT2D eigenvalue weighted by atomic mass is 32.2. The van der Waals surface area contributed by atoms with E-state index >= 15 is 0 Å². The normalized spacial score (nSPS) is 30.9. The maximum absolute atomic E-state index is 12.2. The Morgan fingerprint density at radius 1 is 1.14 bits per heavy atom. The molecule has 2 saturated heterocycles. The second kappa shape index (κ2) is 5.15. The van der Waals surface area contributed by atoms with E-state index < -0.39 is 26.8 Å². The molecule has 2 heterocycles. The highest BCUT2D eigenvalue weighted by Crippen LogP contribution is 2.31. The van der Waals surface area contributed by atoms with E-state index in [1.165, 1.54) is 0 Å². The van der Waals surface area contributed by atoms with Crippen molar-refractivity contribution >= 4 is 21.8 Å². The second-order valence-corrected chi connectivity index (χ2v) is 8.87. The molecular weight excluding hydrogens is 296 g/mol. The molecule has 0 bridgehead atoms. The van der Waals surface area contributed by atoms with Crippen LogP contribution < -0.4 is 5.32 Å². The molecule has 2 rings (SSSR count). The van der Waals surface area contributed by atoms with Crippen LogP contribution in [0.15, 0.2) is 0 Å². The molecule has 0 saturated carbocycles. The molecule has 0 aromatic rings. The van der Waals surface area contributed by atoms with Gasteiger partial charge >= 0.3 is 12.0 Å². The third kappa shape index (κ3) is 3.48. The lowest BCUT2D eigenvalue weighted by Gasteiger charge is -2.38. The summed E-state index contributed by atoms with van der Waals surface area (Å²) in [6, 6.07) is -0.304. The Kier molecular flexibility index (Phi) is 3.94. The first-order valence-electron chi connectivity index (χ1n) is 7.06. The Balaban J connectivity index is 1.93. The Hall–Kier alpha value is -1.31. The third-order valence-corrected chi connectivity index (χ3v) is 6.49. The van der Waals surface area contributed by atoms with Crippen LogP contribution >= 0.6 is 0 Å². The van der Waals surface area contributed by atoms with Gasteiger partial charge in [0.05, 0.1) is 22.5 Å². The topological polar surface area (TPSA) is 104 Å². The van der Waals surface area contributed by atoms with Gasteiger partial charge in [-0.2, -0.15) is 0 Å². The SMILES string of the molecule is CC1(NC(=O)N2CCC(C)(C(=O)O)CC2)CCS(=O)(=O)C1. The summed E-state index contributed by atoms with van der Waals surface area (Å²) in [6.45, 7) is 4.17. The van der Waals surface area contributed by atoms with Crippen LogP contribution in [0.1, 0.15) is 33.1 Å². The number of carbonyl (C=O) groups is 2. The first-order chi connectivity index (χ1) is 9.55. The largest absolute Gasteiger partial charge is 0.481 e. The van der Waals surface area contributed by atoms with Gasteiger partial charge < -0.3 is 15.3 Å². The number of urea groups is 1. The number of carboxylic acid groups (broad SMARTS) is 1. The molecule has 0 spiro atoms. The number of likely N-dealkylation sites (tertiary alicyclic amines) is 1. The van der Waals surface area contributed by atoms with Gasteiger partial charge in [-0.1, -0.05) is 0 Å². The Bertz CT molecular complexity index is 551. The van der Waals surface area contributed by atoms with Gasteiger partial charge in [-0.15, -0.1) is 0 Å². The summed E-state index contributed by atoms with van der Waals surface area (Å²) in [5, 5.41) is 12.0. The van der Waals surface area contributed by atoms with Crippen molar-refractivity contribution in [3.8, 4) is 0 Å². The number of aliphatic carboxylic acids is 1. The number of carboxylic acids is 1. The van der Waals surface area contributed by atoms with Crippen molar-refractivity contribution in [1.29, 1.82) is 0 Å². The second-order valence-electron chi connectivity index (χ2n) is 6.69. The van der Waals surface area contributed by atoms with Crippen molar-refractivity contribution in [1.82, 2.24) is 10.2 Å². The van der Waals surface area contributed by atoms with Crippen molar-refractivity contribution in [3.05, 3.63) is 0 Å². The summed E-state index contributed by atoms with van der Waals surface area (Å²) in [5.41, 5.74) is -1.50. The van der Waals surface area contributed by atoms with E-state index in [4.69, 9.17) is 5.11 Å². The standard InChI is InChI=1S/C13H22N2O5S/c1-12(10(16)17)3-6-15(7-4-12)11(18)14-13(2)5-8-21(19,20)9-13/h3-9H2,1-2H3,(H,14,18)(H,16,17). The summed E-state index contributed by atoms with van der Waals surface area (Å²) in [5.74, 6) is -0.774. The van der Waals surface area contributed by atoms with Crippen LogP contribution in [0.25, 0.3) is 0 Å². The summed E-state index contributed by atoms with van der Waals surface area (Å²) in [7, 11) is -3.07. The molecule has 2 fully saturated rings. The molecule has 0 radical (unpaired) electrons. The molecule has 8 heteroatoms. The molecule has 7 nitrogen and oxygen atoms in total. The minimum atomic E-state index is -3.07. The molecule has 0 aromatic carbocycles. The monoisotopic (exact) mass is 318 g/mol. The van der Waals surface area contributed by atoms with Gasteiger partial charge in [-0.05, 0) is 33.1 Å². The fourth-order valence-corrected chi connectivity index (χ4v) is 4.96. The average Bonchev–Trinajstić information content (AvgIpc) is 2.63. The van der Waals surface area contributed by atoms with Gasteiger partial charge in [0.2, 0.25) is 0 Å². The van der Waals surface area contributed by atoms with Gasteiger partial charge in [-0.3, -0.25) is 4.79 Å².